The van der Waals surface area contributed by atoms with Gasteiger partial charge in [-0.2, -0.15) is 0 Å². The SMILES string of the molecule is CCC(C)CNCC(O)CN1CCOCC1. The molecule has 0 aromatic rings. The van der Waals surface area contributed by atoms with Crippen LogP contribution in [0.4, 0.5) is 0 Å². The second-order valence-electron chi connectivity index (χ2n) is 4.74. The minimum absolute atomic E-state index is 0.262. The van der Waals surface area contributed by atoms with Crippen molar-refractivity contribution in [1.82, 2.24) is 10.2 Å². The van der Waals surface area contributed by atoms with Crippen LogP contribution in [0.2, 0.25) is 0 Å². The van der Waals surface area contributed by atoms with Crippen molar-refractivity contribution in [2.45, 2.75) is 26.4 Å². The Kier molecular flexibility index (Phi) is 6.96. The minimum Gasteiger partial charge on any atom is -0.390 e. The second kappa shape index (κ2) is 8.01. The number of hydrogen-bond donors (Lipinski definition) is 2. The maximum absolute atomic E-state index is 9.84. The number of nitrogens with zero attached hydrogens (tertiary/aromatic N) is 1. The fraction of sp³-hybridized carbons (Fsp3) is 1.00. The van der Waals surface area contributed by atoms with Crippen LogP contribution < -0.4 is 5.32 Å². The average Bonchev–Trinajstić information content (AvgIpc) is 2.30. The minimum atomic E-state index is -0.262. The lowest BCUT2D eigenvalue weighted by atomic mass is 10.1. The van der Waals surface area contributed by atoms with Crippen molar-refractivity contribution in [1.29, 1.82) is 0 Å². The Morgan fingerprint density at radius 2 is 2.00 bits per heavy atom. The van der Waals surface area contributed by atoms with Gasteiger partial charge in [-0.3, -0.25) is 4.90 Å². The first kappa shape index (κ1) is 13.9. The molecule has 0 aliphatic carbocycles. The predicted molar refractivity (Wildman–Crippen MR) is 65.6 cm³/mol. The number of β-amino-alcohol motifs (C(OH)–C–C–N with tert-alkyl or cyclic N) is 1. The summed E-state index contributed by atoms with van der Waals surface area (Å²) in [6.45, 7) is 10.4. The third-order valence-corrected chi connectivity index (χ3v) is 3.14. The summed E-state index contributed by atoms with van der Waals surface area (Å²) in [6, 6.07) is 0. The second-order valence-corrected chi connectivity index (χ2v) is 4.74. The molecule has 1 heterocycles. The van der Waals surface area contributed by atoms with Crippen molar-refractivity contribution in [3.63, 3.8) is 0 Å². The molecule has 2 unspecified atom stereocenters. The standard InChI is InChI=1S/C12H26N2O2/c1-3-11(2)8-13-9-12(15)10-14-4-6-16-7-5-14/h11-13,15H,3-10H2,1-2H3. The van der Waals surface area contributed by atoms with Crippen LogP contribution in [0.5, 0.6) is 0 Å². The average molecular weight is 230 g/mol. The number of aliphatic hydroxyl groups excluding tert-OH is 1. The summed E-state index contributed by atoms with van der Waals surface area (Å²) in [4.78, 5) is 2.26. The molecule has 16 heavy (non-hydrogen) atoms. The fourth-order valence-corrected chi connectivity index (χ4v) is 1.79. The highest BCUT2D eigenvalue weighted by Gasteiger charge is 2.14. The van der Waals surface area contributed by atoms with Gasteiger partial charge in [0.15, 0.2) is 0 Å². The Morgan fingerprint density at radius 3 is 2.62 bits per heavy atom. The lowest BCUT2D eigenvalue weighted by Crippen LogP contribution is -2.44. The highest BCUT2D eigenvalue weighted by Crippen LogP contribution is 1.99. The molecule has 1 rings (SSSR count). The lowest BCUT2D eigenvalue weighted by molar-refractivity contribution is 0.0148. The van der Waals surface area contributed by atoms with Gasteiger partial charge in [0.1, 0.15) is 0 Å². The van der Waals surface area contributed by atoms with Gasteiger partial charge in [-0.05, 0) is 12.5 Å². The van der Waals surface area contributed by atoms with Gasteiger partial charge in [0.25, 0.3) is 0 Å². The fourth-order valence-electron chi connectivity index (χ4n) is 1.79. The van der Waals surface area contributed by atoms with E-state index in [1.807, 2.05) is 0 Å². The van der Waals surface area contributed by atoms with Crippen LogP contribution in [0.3, 0.4) is 0 Å². The van der Waals surface area contributed by atoms with Crippen molar-refractivity contribution in [2.24, 2.45) is 5.92 Å². The monoisotopic (exact) mass is 230 g/mol. The zero-order chi connectivity index (χ0) is 11.8. The molecule has 0 bridgehead atoms. The zero-order valence-corrected chi connectivity index (χ0v) is 10.6. The predicted octanol–water partition coefficient (Wildman–Crippen LogP) is 0.315. The molecule has 4 heteroatoms. The molecule has 0 spiro atoms. The van der Waals surface area contributed by atoms with E-state index in [-0.39, 0.29) is 6.10 Å². The maximum Gasteiger partial charge on any atom is 0.0791 e. The Balaban J connectivity index is 2.03. The summed E-state index contributed by atoms with van der Waals surface area (Å²) >= 11 is 0. The molecule has 2 atom stereocenters. The van der Waals surface area contributed by atoms with Gasteiger partial charge < -0.3 is 15.2 Å². The molecule has 1 aliphatic heterocycles. The number of hydrogen-bond acceptors (Lipinski definition) is 4. The van der Waals surface area contributed by atoms with Crippen LogP contribution >= 0.6 is 0 Å². The number of rotatable bonds is 7. The van der Waals surface area contributed by atoms with E-state index >= 15 is 0 Å². The van der Waals surface area contributed by atoms with Crippen LogP contribution in [0, 0.1) is 5.92 Å². The quantitative estimate of drug-likeness (QED) is 0.661. The first-order valence-corrected chi connectivity index (χ1v) is 6.41. The van der Waals surface area contributed by atoms with E-state index in [1.54, 1.807) is 0 Å². The van der Waals surface area contributed by atoms with Crippen LogP contribution in [0.1, 0.15) is 20.3 Å². The van der Waals surface area contributed by atoms with Crippen molar-refractivity contribution < 1.29 is 9.84 Å². The molecule has 0 amide bonds. The molecule has 1 saturated heterocycles. The molecule has 0 aromatic carbocycles. The van der Waals surface area contributed by atoms with E-state index in [1.165, 1.54) is 6.42 Å². The van der Waals surface area contributed by atoms with E-state index in [2.05, 4.69) is 24.1 Å². The van der Waals surface area contributed by atoms with Gasteiger partial charge in [-0.25, -0.2) is 0 Å². The summed E-state index contributed by atoms with van der Waals surface area (Å²) in [6.07, 6.45) is 0.925. The lowest BCUT2D eigenvalue weighted by Gasteiger charge is -2.28. The maximum atomic E-state index is 9.84. The molecule has 0 aromatic heterocycles. The Labute approximate surface area is 99.0 Å². The topological polar surface area (TPSA) is 44.7 Å². The largest absolute Gasteiger partial charge is 0.390 e. The number of morpholine rings is 1. The van der Waals surface area contributed by atoms with Crippen molar-refractivity contribution in [3.05, 3.63) is 0 Å². The molecular formula is C12H26N2O2. The molecule has 96 valence electrons. The number of aliphatic hydroxyl groups is 1. The van der Waals surface area contributed by atoms with Gasteiger partial charge in [0.2, 0.25) is 0 Å². The first-order chi connectivity index (χ1) is 7.72. The Bertz CT molecular complexity index is 172. The van der Waals surface area contributed by atoms with Crippen molar-refractivity contribution in [3.8, 4) is 0 Å². The number of nitrogens with one attached hydrogen (secondary N) is 1. The van der Waals surface area contributed by atoms with E-state index in [9.17, 15) is 5.11 Å². The highest BCUT2D eigenvalue weighted by molar-refractivity contribution is 4.69. The molecule has 0 saturated carbocycles. The third kappa shape index (κ3) is 5.80. The molecule has 0 radical (unpaired) electrons. The van der Waals surface area contributed by atoms with Gasteiger partial charge in [-0.15, -0.1) is 0 Å². The third-order valence-electron chi connectivity index (χ3n) is 3.14. The first-order valence-electron chi connectivity index (χ1n) is 6.41. The zero-order valence-electron chi connectivity index (χ0n) is 10.6. The van der Waals surface area contributed by atoms with E-state index in [0.29, 0.717) is 12.5 Å². The smallest absolute Gasteiger partial charge is 0.0791 e. The van der Waals surface area contributed by atoms with Crippen LogP contribution in [0.15, 0.2) is 0 Å². The van der Waals surface area contributed by atoms with Gasteiger partial charge in [-0.1, -0.05) is 20.3 Å². The molecule has 2 N–H and O–H groups in total. The Morgan fingerprint density at radius 1 is 1.31 bits per heavy atom. The molecule has 4 nitrogen and oxygen atoms in total. The highest BCUT2D eigenvalue weighted by atomic mass is 16.5. The van der Waals surface area contributed by atoms with Crippen LogP contribution in [0.25, 0.3) is 0 Å². The Hall–Kier alpha value is -0.160. The van der Waals surface area contributed by atoms with E-state index in [4.69, 9.17) is 4.74 Å². The summed E-state index contributed by atoms with van der Waals surface area (Å²) < 4.78 is 5.27. The summed E-state index contributed by atoms with van der Waals surface area (Å²) in [5, 5.41) is 13.2. The van der Waals surface area contributed by atoms with Gasteiger partial charge in [0.05, 0.1) is 19.3 Å². The summed E-state index contributed by atoms with van der Waals surface area (Å²) in [7, 11) is 0. The normalized spacial score (nSPS) is 21.9. The number of ether oxygens (including phenoxy) is 1. The van der Waals surface area contributed by atoms with Gasteiger partial charge >= 0.3 is 0 Å². The van der Waals surface area contributed by atoms with Gasteiger partial charge in [0, 0.05) is 26.2 Å². The van der Waals surface area contributed by atoms with Crippen molar-refractivity contribution >= 4 is 0 Å². The van der Waals surface area contributed by atoms with E-state index in [0.717, 1.165) is 39.4 Å². The summed E-state index contributed by atoms with van der Waals surface area (Å²) in [5.41, 5.74) is 0. The van der Waals surface area contributed by atoms with Crippen molar-refractivity contribution in [2.75, 3.05) is 45.9 Å². The van der Waals surface area contributed by atoms with Crippen LogP contribution in [-0.4, -0.2) is 62.0 Å². The molecular weight excluding hydrogens is 204 g/mol. The van der Waals surface area contributed by atoms with E-state index < -0.39 is 0 Å². The van der Waals surface area contributed by atoms with Crippen LogP contribution in [-0.2, 0) is 4.74 Å². The molecule has 1 fully saturated rings. The molecule has 1 aliphatic rings. The summed E-state index contributed by atoms with van der Waals surface area (Å²) in [5.74, 6) is 0.690.